The van der Waals surface area contributed by atoms with Gasteiger partial charge in [-0.1, -0.05) is 11.3 Å². The average molecular weight is 475 g/mol. The van der Waals surface area contributed by atoms with Crippen LogP contribution in [0.2, 0.25) is 0 Å². The molecule has 5 rings (SSSR count). The molecule has 0 amide bonds. The maximum absolute atomic E-state index is 13.7. The molecule has 176 valence electrons. The van der Waals surface area contributed by atoms with Crippen molar-refractivity contribution in [1.29, 1.82) is 0 Å². The summed E-state index contributed by atoms with van der Waals surface area (Å²) in [6, 6.07) is 10.8. The van der Waals surface area contributed by atoms with Crippen molar-refractivity contribution >= 4 is 33.9 Å². The molecule has 35 heavy (non-hydrogen) atoms. The van der Waals surface area contributed by atoms with Crippen LogP contribution in [0.3, 0.4) is 0 Å². The molecular weight excluding hydrogens is 457 g/mol. The molecule has 0 saturated heterocycles. The Hall–Kier alpha value is -4.74. The molecule has 0 N–H and O–H groups in total. The van der Waals surface area contributed by atoms with Gasteiger partial charge in [0, 0.05) is 11.5 Å². The summed E-state index contributed by atoms with van der Waals surface area (Å²) in [5.41, 5.74) is 2.66. The van der Waals surface area contributed by atoms with Crippen LogP contribution in [-0.4, -0.2) is 60.6 Å². The molecule has 0 aliphatic heterocycles. The third-order valence-corrected chi connectivity index (χ3v) is 5.17. The van der Waals surface area contributed by atoms with Crippen LogP contribution in [0.1, 0.15) is 17.3 Å². The minimum Gasteiger partial charge on any atom is -0.465 e. The summed E-state index contributed by atoms with van der Waals surface area (Å²) < 4.78 is 25.0. The van der Waals surface area contributed by atoms with E-state index in [-0.39, 0.29) is 18.7 Å². The zero-order valence-electron chi connectivity index (χ0n) is 18.7. The number of benzene rings is 2. The molecule has 0 unspecified atom stereocenters. The monoisotopic (exact) mass is 475 g/mol. The van der Waals surface area contributed by atoms with Crippen molar-refractivity contribution in [3.8, 4) is 17.1 Å². The highest BCUT2D eigenvalue weighted by atomic mass is 19.1. The number of fused-ring (bicyclic) bond motifs is 3. The van der Waals surface area contributed by atoms with Gasteiger partial charge in [-0.15, -0.1) is 15.3 Å². The normalized spacial score (nSPS) is 11.2. The van der Waals surface area contributed by atoms with Gasteiger partial charge in [0.2, 0.25) is 0 Å². The minimum atomic E-state index is -0.606. The second kappa shape index (κ2) is 8.89. The van der Waals surface area contributed by atoms with Crippen molar-refractivity contribution in [2.45, 2.75) is 13.5 Å². The van der Waals surface area contributed by atoms with E-state index in [1.165, 1.54) is 41.0 Å². The van der Waals surface area contributed by atoms with Crippen molar-refractivity contribution in [2.24, 2.45) is 0 Å². The summed E-state index contributed by atoms with van der Waals surface area (Å²) in [5.74, 6) is -1.48. The predicted octanol–water partition coefficient (Wildman–Crippen LogP) is 2.72. The van der Waals surface area contributed by atoms with E-state index in [9.17, 15) is 14.0 Å². The first-order valence-electron chi connectivity index (χ1n) is 10.6. The van der Waals surface area contributed by atoms with Gasteiger partial charge < -0.3 is 9.47 Å². The van der Waals surface area contributed by atoms with Crippen molar-refractivity contribution in [3.63, 3.8) is 0 Å². The van der Waals surface area contributed by atoms with Crippen LogP contribution in [0.15, 0.2) is 48.7 Å². The smallest absolute Gasteiger partial charge is 0.338 e. The Morgan fingerprint density at radius 3 is 2.66 bits per heavy atom. The Morgan fingerprint density at radius 1 is 1.06 bits per heavy atom. The Kier molecular flexibility index (Phi) is 5.61. The van der Waals surface area contributed by atoms with Crippen LogP contribution in [0.25, 0.3) is 39.0 Å². The van der Waals surface area contributed by atoms with Gasteiger partial charge in [-0.25, -0.2) is 18.9 Å². The molecule has 0 atom stereocenters. The number of nitrogens with zero attached hydrogens (tertiary/aromatic N) is 7. The lowest BCUT2D eigenvalue weighted by molar-refractivity contribution is -0.144. The van der Waals surface area contributed by atoms with E-state index in [0.717, 1.165) is 0 Å². The fourth-order valence-electron chi connectivity index (χ4n) is 3.65. The number of pyridine rings is 1. The second-order valence-electron chi connectivity index (χ2n) is 7.45. The number of methoxy groups -OCH3 is 1. The van der Waals surface area contributed by atoms with Crippen molar-refractivity contribution in [3.05, 3.63) is 60.0 Å². The predicted molar refractivity (Wildman–Crippen MR) is 121 cm³/mol. The van der Waals surface area contributed by atoms with Gasteiger partial charge in [0.05, 0.1) is 42.4 Å². The van der Waals surface area contributed by atoms with E-state index in [1.807, 2.05) is 0 Å². The highest BCUT2D eigenvalue weighted by molar-refractivity contribution is 6.14. The van der Waals surface area contributed by atoms with Gasteiger partial charge in [-0.05, 0) is 37.3 Å². The van der Waals surface area contributed by atoms with Gasteiger partial charge in [-0.3, -0.25) is 4.79 Å². The summed E-state index contributed by atoms with van der Waals surface area (Å²) in [6.07, 6.45) is 1.53. The van der Waals surface area contributed by atoms with E-state index in [1.54, 1.807) is 31.2 Å². The van der Waals surface area contributed by atoms with Crippen molar-refractivity contribution in [1.82, 2.24) is 35.0 Å². The van der Waals surface area contributed by atoms with Crippen molar-refractivity contribution in [2.75, 3.05) is 13.7 Å². The fourth-order valence-corrected chi connectivity index (χ4v) is 3.65. The third kappa shape index (κ3) is 4.16. The highest BCUT2D eigenvalue weighted by Gasteiger charge is 2.21. The fraction of sp³-hybridized carbons (Fsp3) is 0.174. The number of hydrogen-bond donors (Lipinski definition) is 0. The first-order valence-corrected chi connectivity index (χ1v) is 10.6. The molecule has 11 nitrogen and oxygen atoms in total. The molecule has 0 aliphatic rings. The second-order valence-corrected chi connectivity index (χ2v) is 7.45. The van der Waals surface area contributed by atoms with Crippen LogP contribution in [0, 0.1) is 5.82 Å². The standard InChI is InChI=1S/C23H18FN7O4/c1-3-35-20(32)12-30-11-19(26-29-30)18-10-15(23(33)34-2)21-16(25-18)7-8-17-22(21)28-31(27-17)14-6-4-5-13(24)9-14/h4-11H,3,12H2,1-2H3. The zero-order valence-corrected chi connectivity index (χ0v) is 18.7. The molecule has 2 aromatic carbocycles. The number of carbonyl (C=O) groups excluding carboxylic acids is 2. The maximum atomic E-state index is 13.7. The molecule has 3 heterocycles. The molecule has 0 spiro atoms. The summed E-state index contributed by atoms with van der Waals surface area (Å²) in [4.78, 5) is 30.4. The summed E-state index contributed by atoms with van der Waals surface area (Å²) in [5, 5.41) is 17.3. The molecule has 0 fully saturated rings. The summed E-state index contributed by atoms with van der Waals surface area (Å²) >= 11 is 0. The Labute approximate surface area is 197 Å². The molecule has 12 heteroatoms. The zero-order chi connectivity index (χ0) is 24.5. The molecule has 3 aromatic heterocycles. The van der Waals surface area contributed by atoms with Gasteiger partial charge in [0.25, 0.3) is 0 Å². The number of aromatic nitrogens is 7. The topological polar surface area (TPSA) is 127 Å². The number of esters is 2. The van der Waals surface area contributed by atoms with Crippen molar-refractivity contribution < 1.29 is 23.5 Å². The lowest BCUT2D eigenvalue weighted by Crippen LogP contribution is -2.13. The van der Waals surface area contributed by atoms with E-state index < -0.39 is 17.8 Å². The van der Waals surface area contributed by atoms with Gasteiger partial charge >= 0.3 is 11.9 Å². The molecular formula is C23H18FN7O4. The Bertz CT molecular complexity index is 1590. The lowest BCUT2D eigenvalue weighted by atomic mass is 10.1. The molecule has 0 saturated carbocycles. The lowest BCUT2D eigenvalue weighted by Gasteiger charge is -2.07. The first kappa shape index (κ1) is 22.1. The van der Waals surface area contributed by atoms with E-state index in [4.69, 9.17) is 9.47 Å². The van der Waals surface area contributed by atoms with Crippen LogP contribution in [0.5, 0.6) is 0 Å². The third-order valence-electron chi connectivity index (χ3n) is 5.17. The van der Waals surface area contributed by atoms with Crippen LogP contribution < -0.4 is 0 Å². The van der Waals surface area contributed by atoms with E-state index >= 15 is 0 Å². The molecule has 0 bridgehead atoms. The number of rotatable bonds is 6. The van der Waals surface area contributed by atoms with E-state index in [0.29, 0.717) is 39.0 Å². The number of hydrogen-bond acceptors (Lipinski definition) is 9. The largest absolute Gasteiger partial charge is 0.465 e. The highest BCUT2D eigenvalue weighted by Crippen LogP contribution is 2.29. The first-order chi connectivity index (χ1) is 17.0. The Morgan fingerprint density at radius 2 is 1.89 bits per heavy atom. The van der Waals surface area contributed by atoms with Gasteiger partial charge in [-0.2, -0.15) is 4.80 Å². The summed E-state index contributed by atoms with van der Waals surface area (Å²) in [7, 11) is 1.27. The molecule has 0 aliphatic carbocycles. The molecule has 0 radical (unpaired) electrons. The SMILES string of the molecule is CCOC(=O)Cn1cc(-c2cc(C(=O)OC)c3c(ccc4nn(-c5cccc(F)c5)nc43)n2)nn1. The van der Waals surface area contributed by atoms with Crippen LogP contribution >= 0.6 is 0 Å². The van der Waals surface area contributed by atoms with Crippen LogP contribution in [-0.2, 0) is 20.8 Å². The Balaban J connectivity index is 1.64. The minimum absolute atomic E-state index is 0.109. The quantitative estimate of drug-likeness (QED) is 0.341. The number of halogens is 1. The average Bonchev–Trinajstić information content (AvgIpc) is 3.50. The summed E-state index contributed by atoms with van der Waals surface area (Å²) in [6.45, 7) is 1.86. The maximum Gasteiger partial charge on any atom is 0.338 e. The van der Waals surface area contributed by atoms with E-state index in [2.05, 4.69) is 25.5 Å². The molecule has 5 aromatic rings. The van der Waals surface area contributed by atoms with Gasteiger partial charge in [0.15, 0.2) is 0 Å². The van der Waals surface area contributed by atoms with Gasteiger partial charge in [0.1, 0.15) is 29.1 Å². The number of carbonyl (C=O) groups is 2. The van der Waals surface area contributed by atoms with Crippen LogP contribution in [0.4, 0.5) is 4.39 Å². The number of ether oxygens (including phenoxy) is 2.